The van der Waals surface area contributed by atoms with Crippen molar-refractivity contribution < 1.29 is 0 Å². The monoisotopic (exact) mass is 177 g/mol. The molecule has 13 heavy (non-hydrogen) atoms. The van der Waals surface area contributed by atoms with Crippen LogP contribution in [0.2, 0.25) is 0 Å². The van der Waals surface area contributed by atoms with E-state index in [1.165, 1.54) is 51.4 Å². The van der Waals surface area contributed by atoms with Gasteiger partial charge in [-0.25, -0.2) is 0 Å². The van der Waals surface area contributed by atoms with Gasteiger partial charge in [0, 0.05) is 0 Å². The summed E-state index contributed by atoms with van der Waals surface area (Å²) in [6.45, 7) is 0. The van der Waals surface area contributed by atoms with Crippen molar-refractivity contribution in [3.63, 3.8) is 0 Å². The molecule has 1 radical (unpaired) electrons. The van der Waals surface area contributed by atoms with E-state index in [0.717, 1.165) is 0 Å². The Balaban J connectivity index is 2.18. The molecule has 0 aromatic rings. The molecule has 0 N–H and O–H groups in total. The molecule has 0 saturated heterocycles. The van der Waals surface area contributed by atoms with Crippen LogP contribution in [-0.4, -0.2) is 0 Å². The molecule has 0 atom stereocenters. The average Bonchev–Trinajstić information content (AvgIpc) is 2.18. The zero-order chi connectivity index (χ0) is 9.19. The molecular formula is C13H21. The molecule has 0 heteroatoms. The van der Waals surface area contributed by atoms with Gasteiger partial charge in [-0.2, -0.15) is 0 Å². The van der Waals surface area contributed by atoms with E-state index in [0.29, 0.717) is 0 Å². The Bertz CT molecular complexity index is 135. The van der Waals surface area contributed by atoms with Crippen molar-refractivity contribution in [1.82, 2.24) is 0 Å². The fourth-order valence-corrected chi connectivity index (χ4v) is 1.59. The number of hydrogen-bond donors (Lipinski definition) is 0. The van der Waals surface area contributed by atoms with E-state index >= 15 is 0 Å². The highest BCUT2D eigenvalue weighted by molar-refractivity contribution is 4.96. The van der Waals surface area contributed by atoms with Crippen LogP contribution in [0.25, 0.3) is 0 Å². The van der Waals surface area contributed by atoms with Gasteiger partial charge in [-0.3, -0.25) is 0 Å². The van der Waals surface area contributed by atoms with Crippen LogP contribution in [0.3, 0.4) is 0 Å². The Labute approximate surface area is 82.7 Å². The summed E-state index contributed by atoms with van der Waals surface area (Å²) in [7, 11) is 0. The smallest absolute Gasteiger partial charge is 0.0167 e. The van der Waals surface area contributed by atoms with Crippen LogP contribution < -0.4 is 0 Å². The van der Waals surface area contributed by atoms with Crippen LogP contribution in [0.4, 0.5) is 0 Å². The lowest BCUT2D eigenvalue weighted by molar-refractivity contribution is 0.652. The fourth-order valence-electron chi connectivity index (χ4n) is 1.59. The van der Waals surface area contributed by atoms with Crippen molar-refractivity contribution in [2.75, 3.05) is 0 Å². The first-order chi connectivity index (χ1) is 6.50. The molecule has 0 saturated carbocycles. The van der Waals surface area contributed by atoms with E-state index in [4.69, 9.17) is 0 Å². The highest BCUT2D eigenvalue weighted by Crippen LogP contribution is 2.08. The minimum absolute atomic E-state index is 1.20. The van der Waals surface area contributed by atoms with Crippen LogP contribution in [0, 0.1) is 6.42 Å². The van der Waals surface area contributed by atoms with Crippen LogP contribution in [0.1, 0.15) is 51.4 Å². The van der Waals surface area contributed by atoms with Gasteiger partial charge in [-0.1, -0.05) is 37.1 Å². The molecule has 0 bridgehead atoms. The van der Waals surface area contributed by atoms with Crippen LogP contribution in [0.15, 0.2) is 24.3 Å². The predicted molar refractivity (Wildman–Crippen MR) is 59.5 cm³/mol. The highest BCUT2D eigenvalue weighted by atomic mass is 14.0. The molecule has 1 aliphatic rings. The normalized spacial score (nSPS) is 21.5. The summed E-state index contributed by atoms with van der Waals surface area (Å²) < 4.78 is 0. The van der Waals surface area contributed by atoms with E-state index in [2.05, 4.69) is 30.7 Å². The first-order valence-corrected chi connectivity index (χ1v) is 5.63. The van der Waals surface area contributed by atoms with Crippen molar-refractivity contribution in [1.29, 1.82) is 0 Å². The molecule has 0 aromatic carbocycles. The summed E-state index contributed by atoms with van der Waals surface area (Å²) in [5.41, 5.74) is 0. The summed E-state index contributed by atoms with van der Waals surface area (Å²) in [6, 6.07) is 0. The van der Waals surface area contributed by atoms with Gasteiger partial charge in [-0.15, -0.1) is 0 Å². The van der Waals surface area contributed by atoms with Crippen molar-refractivity contribution >= 4 is 0 Å². The molecule has 73 valence electrons. The minimum atomic E-state index is 1.20. The molecule has 0 aliphatic heterocycles. The van der Waals surface area contributed by atoms with E-state index in [1.54, 1.807) is 0 Å². The minimum Gasteiger partial charge on any atom is -0.0885 e. The topological polar surface area (TPSA) is 0 Å². The standard InChI is InChI=1S/C13H21/c1-2-4-6-8-10-12-13-11-9-7-5-3-1/h1-3,8,10H,4-7,9,11-13H2. The van der Waals surface area contributed by atoms with E-state index in [-0.39, 0.29) is 0 Å². The Hall–Kier alpha value is -0.520. The third-order valence-corrected chi connectivity index (χ3v) is 2.43. The molecule has 0 fully saturated rings. The zero-order valence-corrected chi connectivity index (χ0v) is 8.54. The highest BCUT2D eigenvalue weighted by Gasteiger charge is 1.89. The molecule has 0 heterocycles. The quantitative estimate of drug-likeness (QED) is 0.480. The van der Waals surface area contributed by atoms with Gasteiger partial charge in [0.25, 0.3) is 0 Å². The number of rotatable bonds is 0. The van der Waals surface area contributed by atoms with Gasteiger partial charge in [0.05, 0.1) is 0 Å². The maximum atomic E-state index is 2.34. The third kappa shape index (κ3) is 6.62. The summed E-state index contributed by atoms with van der Waals surface area (Å²) in [4.78, 5) is 0. The summed E-state index contributed by atoms with van der Waals surface area (Å²) >= 11 is 0. The fraction of sp³-hybridized carbons (Fsp3) is 0.615. The third-order valence-electron chi connectivity index (χ3n) is 2.43. The summed E-state index contributed by atoms with van der Waals surface area (Å²) in [5, 5.41) is 0. The zero-order valence-electron chi connectivity index (χ0n) is 8.54. The van der Waals surface area contributed by atoms with Crippen molar-refractivity contribution in [2.24, 2.45) is 0 Å². The van der Waals surface area contributed by atoms with Gasteiger partial charge in [0.1, 0.15) is 0 Å². The summed E-state index contributed by atoms with van der Waals surface area (Å²) in [5.74, 6) is 0. The largest absolute Gasteiger partial charge is 0.0885 e. The second-order valence-electron chi connectivity index (χ2n) is 3.70. The molecule has 0 spiro atoms. The van der Waals surface area contributed by atoms with E-state index < -0.39 is 0 Å². The molecule has 1 rings (SSSR count). The van der Waals surface area contributed by atoms with Crippen LogP contribution in [0.5, 0.6) is 0 Å². The summed E-state index contributed by atoms with van der Waals surface area (Å²) in [6.07, 6.45) is 22.0. The molecule has 0 aromatic heterocycles. The van der Waals surface area contributed by atoms with Gasteiger partial charge >= 0.3 is 0 Å². The SMILES string of the molecule is [CH]1C=CCCCCCCC=CCC1. The lowest BCUT2D eigenvalue weighted by atomic mass is 10.1. The number of hydrogen-bond acceptors (Lipinski definition) is 0. The maximum Gasteiger partial charge on any atom is -0.0167 e. The van der Waals surface area contributed by atoms with Gasteiger partial charge in [0.2, 0.25) is 0 Å². The molecule has 0 amide bonds. The van der Waals surface area contributed by atoms with E-state index in [9.17, 15) is 0 Å². The van der Waals surface area contributed by atoms with Crippen LogP contribution >= 0.6 is 0 Å². The first kappa shape index (κ1) is 10.6. The molecule has 0 unspecified atom stereocenters. The number of allylic oxidation sites excluding steroid dienone is 4. The Morgan fingerprint density at radius 2 is 1.23 bits per heavy atom. The lowest BCUT2D eigenvalue weighted by Crippen LogP contribution is -1.76. The Morgan fingerprint density at radius 1 is 0.538 bits per heavy atom. The molecule has 1 aliphatic carbocycles. The van der Waals surface area contributed by atoms with Crippen LogP contribution in [-0.2, 0) is 0 Å². The Kier molecular flexibility index (Phi) is 6.58. The van der Waals surface area contributed by atoms with Crippen molar-refractivity contribution in [3.05, 3.63) is 30.7 Å². The first-order valence-electron chi connectivity index (χ1n) is 5.63. The van der Waals surface area contributed by atoms with Gasteiger partial charge < -0.3 is 0 Å². The maximum absolute atomic E-state index is 2.34. The second kappa shape index (κ2) is 8.10. The predicted octanol–water partition coefficient (Wildman–Crippen LogP) is 4.44. The average molecular weight is 177 g/mol. The van der Waals surface area contributed by atoms with E-state index in [1.807, 2.05) is 0 Å². The van der Waals surface area contributed by atoms with Crippen molar-refractivity contribution in [2.45, 2.75) is 51.4 Å². The van der Waals surface area contributed by atoms with Crippen molar-refractivity contribution in [3.8, 4) is 0 Å². The van der Waals surface area contributed by atoms with Gasteiger partial charge in [0.15, 0.2) is 0 Å². The molecular weight excluding hydrogens is 156 g/mol. The molecule has 0 nitrogen and oxygen atoms in total. The van der Waals surface area contributed by atoms with Gasteiger partial charge in [-0.05, 0) is 44.9 Å². The second-order valence-corrected chi connectivity index (χ2v) is 3.70. The lowest BCUT2D eigenvalue weighted by Gasteiger charge is -1.95. The Morgan fingerprint density at radius 3 is 2.08 bits per heavy atom.